The van der Waals surface area contributed by atoms with Crippen molar-refractivity contribution in [2.24, 2.45) is 0 Å². The van der Waals surface area contributed by atoms with Crippen molar-refractivity contribution in [1.29, 1.82) is 0 Å². The van der Waals surface area contributed by atoms with Crippen LogP contribution in [0.25, 0.3) is 5.69 Å². The minimum Gasteiger partial charge on any atom is -0.491 e. The summed E-state index contributed by atoms with van der Waals surface area (Å²) in [6, 6.07) is 22.0. The van der Waals surface area contributed by atoms with E-state index in [1.165, 1.54) is 17.7 Å². The SMILES string of the molecule is CSc1nnn(-c2ccc(N3CCN(c4ccc(OCC5COC(Cn6cncn6)(c6ccc(Cl)cc6Cl)O5)cc4)CC3)cc2)c1C. The average Bonchev–Trinajstić information content (AvgIpc) is 3.85. The molecule has 2 atom stereocenters. The van der Waals surface area contributed by atoms with E-state index in [1.54, 1.807) is 34.9 Å². The summed E-state index contributed by atoms with van der Waals surface area (Å²) >= 11 is 14.3. The maximum Gasteiger partial charge on any atom is 0.217 e. The number of anilines is 2. The summed E-state index contributed by atoms with van der Waals surface area (Å²) in [7, 11) is 0. The number of piperazine rings is 1. The van der Waals surface area contributed by atoms with Crippen LogP contribution in [0.2, 0.25) is 10.0 Å². The van der Waals surface area contributed by atoms with Crippen molar-refractivity contribution in [2.45, 2.75) is 30.4 Å². The summed E-state index contributed by atoms with van der Waals surface area (Å²) in [5.74, 6) is -0.382. The molecule has 0 spiro atoms. The van der Waals surface area contributed by atoms with Crippen molar-refractivity contribution in [3.05, 3.63) is 101 Å². The fourth-order valence-corrected chi connectivity index (χ4v) is 7.05. The lowest BCUT2D eigenvalue weighted by Crippen LogP contribution is -2.46. The molecule has 2 unspecified atom stereocenters. The van der Waals surface area contributed by atoms with Gasteiger partial charge in [-0.1, -0.05) is 34.5 Å². The molecule has 2 saturated heterocycles. The molecule has 0 amide bonds. The van der Waals surface area contributed by atoms with Crippen LogP contribution in [-0.2, 0) is 21.8 Å². The summed E-state index contributed by atoms with van der Waals surface area (Å²) in [4.78, 5) is 8.87. The number of benzene rings is 3. The standard InChI is InChI=1S/C33H34Cl2N8O3S/c1-23-32(47-2)38-39-43(23)27-6-4-25(5-7-27)40-13-15-41(16-14-40)26-8-10-28(11-9-26)44-18-29-19-45-33(46-29,20-42-22-36-21-37-42)30-12-3-24(34)17-31(30)35/h3-12,17,21-22,29H,13-16,18-20H2,1-2H3. The molecule has 7 rings (SSSR count). The van der Waals surface area contributed by atoms with Crippen LogP contribution in [0, 0.1) is 6.92 Å². The monoisotopic (exact) mass is 692 g/mol. The molecule has 4 heterocycles. The second-order valence-corrected chi connectivity index (χ2v) is 13.1. The molecule has 0 saturated carbocycles. The lowest BCUT2D eigenvalue weighted by Gasteiger charge is -2.37. The van der Waals surface area contributed by atoms with E-state index in [0.717, 1.165) is 48.3 Å². The molecule has 11 nitrogen and oxygen atoms in total. The highest BCUT2D eigenvalue weighted by molar-refractivity contribution is 7.98. The van der Waals surface area contributed by atoms with Gasteiger partial charge in [-0.15, -0.1) is 16.9 Å². The third kappa shape index (κ3) is 6.79. The molecule has 2 fully saturated rings. The van der Waals surface area contributed by atoms with E-state index in [2.05, 4.69) is 66.6 Å². The van der Waals surface area contributed by atoms with Crippen LogP contribution in [0.15, 0.2) is 84.4 Å². The Kier molecular flexibility index (Phi) is 9.29. The van der Waals surface area contributed by atoms with Gasteiger partial charge in [0.1, 0.15) is 42.7 Å². The number of hydrogen-bond donors (Lipinski definition) is 0. The zero-order chi connectivity index (χ0) is 32.4. The molecule has 14 heteroatoms. The molecular weight excluding hydrogens is 659 g/mol. The first-order chi connectivity index (χ1) is 22.9. The van der Waals surface area contributed by atoms with Gasteiger partial charge >= 0.3 is 0 Å². The average molecular weight is 694 g/mol. The number of aromatic nitrogens is 6. The Labute approximate surface area is 287 Å². The highest BCUT2D eigenvalue weighted by Gasteiger charge is 2.45. The normalized spacial score (nSPS) is 19.8. The van der Waals surface area contributed by atoms with Crippen molar-refractivity contribution < 1.29 is 14.2 Å². The first-order valence-corrected chi connectivity index (χ1v) is 17.3. The first kappa shape index (κ1) is 31.8. The predicted octanol–water partition coefficient (Wildman–Crippen LogP) is 5.87. The van der Waals surface area contributed by atoms with E-state index in [-0.39, 0.29) is 12.6 Å². The Bertz CT molecular complexity index is 1800. The van der Waals surface area contributed by atoms with Crippen LogP contribution < -0.4 is 14.5 Å². The Morgan fingerprint density at radius 1 is 0.936 bits per heavy atom. The Balaban J connectivity index is 0.929. The number of halogens is 2. The van der Waals surface area contributed by atoms with E-state index in [0.29, 0.717) is 28.8 Å². The highest BCUT2D eigenvalue weighted by Crippen LogP contribution is 2.40. The van der Waals surface area contributed by atoms with Crippen molar-refractivity contribution >= 4 is 46.3 Å². The summed E-state index contributed by atoms with van der Waals surface area (Å²) in [5.41, 5.74) is 5.13. The van der Waals surface area contributed by atoms with Crippen LogP contribution >= 0.6 is 35.0 Å². The van der Waals surface area contributed by atoms with E-state index in [4.69, 9.17) is 37.4 Å². The topological polar surface area (TPSA) is 95.6 Å². The molecule has 2 aliphatic heterocycles. The number of ether oxygens (including phenoxy) is 3. The molecule has 3 aromatic carbocycles. The van der Waals surface area contributed by atoms with Crippen molar-refractivity contribution in [3.8, 4) is 11.4 Å². The molecule has 2 aromatic heterocycles. The summed E-state index contributed by atoms with van der Waals surface area (Å²) in [6.07, 6.45) is 4.78. The van der Waals surface area contributed by atoms with Crippen LogP contribution in [0.5, 0.6) is 5.75 Å². The Hall–Kier alpha value is -3.81. The first-order valence-electron chi connectivity index (χ1n) is 15.3. The van der Waals surface area contributed by atoms with Gasteiger partial charge in [-0.05, 0) is 73.8 Å². The van der Waals surface area contributed by atoms with Crippen LogP contribution in [0.4, 0.5) is 11.4 Å². The van der Waals surface area contributed by atoms with E-state index < -0.39 is 5.79 Å². The minimum atomic E-state index is -1.15. The van der Waals surface area contributed by atoms with Gasteiger partial charge in [0.2, 0.25) is 5.79 Å². The second kappa shape index (κ2) is 13.7. The van der Waals surface area contributed by atoms with E-state index in [1.807, 2.05) is 36.1 Å². The van der Waals surface area contributed by atoms with Crippen molar-refractivity contribution in [3.63, 3.8) is 0 Å². The minimum absolute atomic E-state index is 0.278. The van der Waals surface area contributed by atoms with Gasteiger partial charge in [0, 0.05) is 48.1 Å². The van der Waals surface area contributed by atoms with Gasteiger partial charge in [0.15, 0.2) is 0 Å². The summed E-state index contributed by atoms with van der Waals surface area (Å²) < 4.78 is 22.4. The van der Waals surface area contributed by atoms with Crippen LogP contribution in [-0.4, -0.2) is 81.5 Å². The van der Waals surface area contributed by atoms with E-state index >= 15 is 0 Å². The zero-order valence-corrected chi connectivity index (χ0v) is 28.3. The Morgan fingerprint density at radius 2 is 1.62 bits per heavy atom. The number of thioether (sulfide) groups is 1. The molecule has 47 heavy (non-hydrogen) atoms. The fraction of sp³-hybridized carbons (Fsp3) is 0.333. The molecule has 5 aromatic rings. The quantitative estimate of drug-likeness (QED) is 0.165. The molecular formula is C33H34Cl2N8O3S. The summed E-state index contributed by atoms with van der Waals surface area (Å²) in [6.45, 7) is 6.69. The number of hydrogen-bond acceptors (Lipinski definition) is 10. The number of rotatable bonds is 10. The van der Waals surface area contributed by atoms with Crippen LogP contribution in [0.1, 0.15) is 11.3 Å². The van der Waals surface area contributed by atoms with Gasteiger partial charge in [0.05, 0.1) is 23.0 Å². The lowest BCUT2D eigenvalue weighted by atomic mass is 10.1. The number of nitrogens with zero attached hydrogens (tertiary/aromatic N) is 8. The maximum absolute atomic E-state index is 6.58. The third-order valence-electron chi connectivity index (χ3n) is 8.46. The molecule has 244 valence electrons. The molecule has 0 aliphatic carbocycles. The predicted molar refractivity (Wildman–Crippen MR) is 183 cm³/mol. The second-order valence-electron chi connectivity index (χ2n) is 11.4. The van der Waals surface area contributed by atoms with Gasteiger partial charge in [-0.25, -0.2) is 14.3 Å². The fourth-order valence-electron chi connectivity index (χ4n) is 6.00. The maximum atomic E-state index is 6.58. The third-order valence-corrected chi connectivity index (χ3v) is 9.77. The molecule has 2 aliphatic rings. The Morgan fingerprint density at radius 3 is 2.23 bits per heavy atom. The smallest absolute Gasteiger partial charge is 0.217 e. The van der Waals surface area contributed by atoms with Crippen molar-refractivity contribution in [2.75, 3.05) is 55.4 Å². The largest absolute Gasteiger partial charge is 0.491 e. The van der Waals surface area contributed by atoms with E-state index in [9.17, 15) is 0 Å². The lowest BCUT2D eigenvalue weighted by molar-refractivity contribution is -0.190. The molecule has 0 N–H and O–H groups in total. The van der Waals surface area contributed by atoms with Crippen molar-refractivity contribution in [1.82, 2.24) is 29.8 Å². The highest BCUT2D eigenvalue weighted by atomic mass is 35.5. The molecule has 0 radical (unpaired) electrons. The van der Waals surface area contributed by atoms with Crippen LogP contribution in [0.3, 0.4) is 0 Å². The van der Waals surface area contributed by atoms with Gasteiger partial charge in [-0.2, -0.15) is 5.10 Å². The van der Waals surface area contributed by atoms with Gasteiger partial charge in [0.25, 0.3) is 0 Å². The van der Waals surface area contributed by atoms with Gasteiger partial charge < -0.3 is 24.0 Å². The van der Waals surface area contributed by atoms with Gasteiger partial charge in [-0.3, -0.25) is 0 Å². The molecule has 0 bridgehead atoms. The zero-order valence-electron chi connectivity index (χ0n) is 26.0. The summed E-state index contributed by atoms with van der Waals surface area (Å²) in [5, 5.41) is 14.7.